The highest BCUT2D eigenvalue weighted by molar-refractivity contribution is 5.78. The largest absolute Gasteiger partial charge is 0.388 e. The van der Waals surface area contributed by atoms with Crippen LogP contribution in [-0.4, -0.2) is 54.9 Å². The molecule has 7 heteroatoms. The van der Waals surface area contributed by atoms with Gasteiger partial charge in [-0.2, -0.15) is 0 Å². The van der Waals surface area contributed by atoms with E-state index in [0.29, 0.717) is 6.54 Å². The molecule has 0 bridgehead atoms. The first-order valence-electron chi connectivity index (χ1n) is 4.18. The summed E-state index contributed by atoms with van der Waals surface area (Å²) in [7, 11) is 1.48. The molecule has 0 spiro atoms. The number of carbonyl (C=O) groups excluding carboxylic acids is 1. The van der Waals surface area contributed by atoms with Gasteiger partial charge in [0.2, 0.25) is 5.91 Å². The summed E-state index contributed by atoms with van der Waals surface area (Å²) in [6, 6.07) is 0. The summed E-state index contributed by atoms with van der Waals surface area (Å²) < 4.78 is 4.96. The fraction of sp³-hybridized carbons (Fsp3) is 0.857. The predicted molar refractivity (Wildman–Crippen MR) is 47.4 cm³/mol. The lowest BCUT2D eigenvalue weighted by atomic mass is 10.3. The molecule has 1 fully saturated rings. The van der Waals surface area contributed by atoms with Crippen molar-refractivity contribution >= 4 is 5.91 Å². The van der Waals surface area contributed by atoms with Gasteiger partial charge in [-0.05, 0) is 5.53 Å². The fourth-order valence-electron chi connectivity index (χ4n) is 1.38. The molecule has 14 heavy (non-hydrogen) atoms. The Morgan fingerprint density at radius 2 is 2.50 bits per heavy atom. The molecule has 0 aliphatic carbocycles. The third-order valence-corrected chi connectivity index (χ3v) is 2.16. The fourth-order valence-corrected chi connectivity index (χ4v) is 1.38. The Labute approximate surface area is 80.9 Å². The number of hydrogen-bond donors (Lipinski definition) is 1. The molecule has 1 saturated heterocycles. The van der Waals surface area contributed by atoms with Crippen LogP contribution >= 0.6 is 0 Å². The van der Waals surface area contributed by atoms with Crippen molar-refractivity contribution < 1.29 is 14.6 Å². The van der Waals surface area contributed by atoms with E-state index in [2.05, 4.69) is 10.0 Å². The number of likely N-dealkylation sites (tertiary alicyclic amines) is 1. The lowest BCUT2D eigenvalue weighted by Crippen LogP contribution is -2.31. The zero-order valence-electron chi connectivity index (χ0n) is 7.83. The Balaban J connectivity index is 2.48. The average molecular weight is 200 g/mol. The molecule has 1 aliphatic rings. The summed E-state index contributed by atoms with van der Waals surface area (Å²) >= 11 is 0. The van der Waals surface area contributed by atoms with Crippen molar-refractivity contribution in [3.63, 3.8) is 0 Å². The summed E-state index contributed by atoms with van der Waals surface area (Å²) in [5.41, 5.74) is 8.02. The average Bonchev–Trinajstić information content (AvgIpc) is 2.56. The second-order valence-corrected chi connectivity index (χ2v) is 3.03. The predicted octanol–water partition coefficient (Wildman–Crippen LogP) is -0.485. The van der Waals surface area contributed by atoms with Gasteiger partial charge >= 0.3 is 0 Å². The van der Waals surface area contributed by atoms with Crippen LogP contribution in [0.15, 0.2) is 5.11 Å². The van der Waals surface area contributed by atoms with E-state index in [1.807, 2.05) is 0 Å². The van der Waals surface area contributed by atoms with Crippen molar-refractivity contribution in [3.8, 4) is 0 Å². The molecule has 1 amide bonds. The lowest BCUT2D eigenvalue weighted by molar-refractivity contribution is -0.129. The second-order valence-electron chi connectivity index (χ2n) is 3.03. The van der Waals surface area contributed by atoms with Crippen LogP contribution in [0.2, 0.25) is 0 Å². The maximum Gasteiger partial charge on any atom is 0.228 e. The van der Waals surface area contributed by atoms with Gasteiger partial charge in [-0.15, -0.1) is 0 Å². The molecular formula is C7H12N4O3. The third-order valence-electron chi connectivity index (χ3n) is 2.16. The SMILES string of the molecule is CO[C@H]1CN(C(=O)CN=[N+]=[N-])C[C@H]1O. The molecule has 0 radical (unpaired) electrons. The van der Waals surface area contributed by atoms with Gasteiger partial charge in [0.1, 0.15) is 12.6 Å². The molecule has 2 atom stereocenters. The van der Waals surface area contributed by atoms with Gasteiger partial charge in [0.25, 0.3) is 0 Å². The topological polar surface area (TPSA) is 98.5 Å². The van der Waals surface area contributed by atoms with E-state index in [1.165, 1.54) is 12.0 Å². The minimum Gasteiger partial charge on any atom is -0.388 e. The van der Waals surface area contributed by atoms with Gasteiger partial charge in [0.15, 0.2) is 0 Å². The minimum atomic E-state index is -0.657. The van der Waals surface area contributed by atoms with Crippen LogP contribution < -0.4 is 0 Å². The summed E-state index contributed by atoms with van der Waals surface area (Å²) in [6.07, 6.45) is -1.000. The van der Waals surface area contributed by atoms with E-state index in [4.69, 9.17) is 10.3 Å². The summed E-state index contributed by atoms with van der Waals surface area (Å²) in [6.45, 7) is 0.370. The normalized spacial score (nSPS) is 26.0. The number of amides is 1. The number of methoxy groups -OCH3 is 1. The number of aliphatic hydroxyl groups excluding tert-OH is 1. The van der Waals surface area contributed by atoms with Crippen LogP contribution in [-0.2, 0) is 9.53 Å². The lowest BCUT2D eigenvalue weighted by Gasteiger charge is -2.13. The first kappa shape index (κ1) is 10.8. The van der Waals surface area contributed by atoms with E-state index in [9.17, 15) is 9.90 Å². The number of rotatable bonds is 3. The number of β-amino-alcohol motifs (C(OH)–C–C–N with tert-alkyl or cyclic N) is 1. The third kappa shape index (κ3) is 2.35. The minimum absolute atomic E-state index is 0.209. The first-order chi connectivity index (χ1) is 6.69. The van der Waals surface area contributed by atoms with Crippen LogP contribution in [0.1, 0.15) is 0 Å². The van der Waals surface area contributed by atoms with E-state index < -0.39 is 6.10 Å². The summed E-state index contributed by atoms with van der Waals surface area (Å²) in [4.78, 5) is 15.2. The van der Waals surface area contributed by atoms with Gasteiger partial charge < -0.3 is 14.7 Å². The first-order valence-corrected chi connectivity index (χ1v) is 4.18. The van der Waals surface area contributed by atoms with Crippen molar-refractivity contribution in [1.29, 1.82) is 0 Å². The highest BCUT2D eigenvalue weighted by atomic mass is 16.5. The number of nitrogens with zero attached hydrogens (tertiary/aromatic N) is 4. The summed E-state index contributed by atoms with van der Waals surface area (Å²) in [5, 5.41) is 12.6. The van der Waals surface area contributed by atoms with E-state index in [1.54, 1.807) is 0 Å². The van der Waals surface area contributed by atoms with Crippen LogP contribution in [0.3, 0.4) is 0 Å². The smallest absolute Gasteiger partial charge is 0.228 e. The van der Waals surface area contributed by atoms with Gasteiger partial charge in [-0.1, -0.05) is 5.11 Å². The van der Waals surface area contributed by atoms with Crippen molar-refractivity contribution in [1.82, 2.24) is 4.90 Å². The quantitative estimate of drug-likeness (QED) is 0.378. The van der Waals surface area contributed by atoms with Gasteiger partial charge in [0, 0.05) is 25.1 Å². The highest BCUT2D eigenvalue weighted by Gasteiger charge is 2.33. The Morgan fingerprint density at radius 1 is 1.79 bits per heavy atom. The van der Waals surface area contributed by atoms with Crippen LogP contribution in [0, 0.1) is 0 Å². The van der Waals surface area contributed by atoms with Crippen molar-refractivity contribution in [2.24, 2.45) is 5.11 Å². The van der Waals surface area contributed by atoms with Crippen molar-refractivity contribution in [2.75, 3.05) is 26.7 Å². The molecular weight excluding hydrogens is 188 g/mol. The standard InChI is InChI=1S/C7H12N4O3/c1-14-6-4-11(3-5(6)12)7(13)2-9-10-8/h5-6,12H,2-4H2,1H3/t5-,6+/m1/s1. The molecule has 0 aromatic carbocycles. The Morgan fingerprint density at radius 3 is 3.00 bits per heavy atom. The number of aliphatic hydroxyl groups is 1. The van der Waals surface area contributed by atoms with Crippen LogP contribution in [0.4, 0.5) is 0 Å². The molecule has 0 aromatic heterocycles. The number of carbonyl (C=O) groups is 1. The highest BCUT2D eigenvalue weighted by Crippen LogP contribution is 2.12. The zero-order valence-corrected chi connectivity index (χ0v) is 7.83. The molecule has 0 unspecified atom stereocenters. The molecule has 0 aromatic rings. The molecule has 1 N–H and O–H groups in total. The molecule has 7 nitrogen and oxygen atoms in total. The Hall–Kier alpha value is -1.30. The number of hydrogen-bond acceptors (Lipinski definition) is 4. The molecule has 0 saturated carbocycles. The van der Waals surface area contributed by atoms with Crippen LogP contribution in [0.5, 0.6) is 0 Å². The van der Waals surface area contributed by atoms with E-state index in [0.717, 1.165) is 0 Å². The van der Waals surface area contributed by atoms with E-state index >= 15 is 0 Å². The monoisotopic (exact) mass is 200 g/mol. The molecule has 1 aliphatic heterocycles. The number of azide groups is 1. The van der Waals surface area contributed by atoms with Gasteiger partial charge in [-0.3, -0.25) is 4.79 Å². The maximum atomic E-state index is 11.3. The molecule has 1 heterocycles. The zero-order chi connectivity index (χ0) is 10.6. The molecule has 1 rings (SSSR count). The molecule has 78 valence electrons. The van der Waals surface area contributed by atoms with Crippen LogP contribution in [0.25, 0.3) is 10.4 Å². The Bertz CT molecular complexity index is 264. The second kappa shape index (κ2) is 4.80. The van der Waals surface area contributed by atoms with Gasteiger partial charge in [-0.25, -0.2) is 0 Å². The van der Waals surface area contributed by atoms with Gasteiger partial charge in [0.05, 0.1) is 6.10 Å². The van der Waals surface area contributed by atoms with Crippen molar-refractivity contribution in [2.45, 2.75) is 12.2 Å². The van der Waals surface area contributed by atoms with Crippen molar-refractivity contribution in [3.05, 3.63) is 10.4 Å². The summed E-state index contributed by atoms with van der Waals surface area (Å²) in [5.74, 6) is -0.290. The van der Waals surface area contributed by atoms with E-state index in [-0.39, 0.29) is 25.1 Å². The Kier molecular flexibility index (Phi) is 3.70. The maximum absolute atomic E-state index is 11.3. The number of ether oxygens (including phenoxy) is 1.